The molecule has 6 fully saturated rings. The highest BCUT2D eigenvalue weighted by molar-refractivity contribution is 5.85. The summed E-state index contributed by atoms with van der Waals surface area (Å²) in [5.74, 6) is -0.159. The molecular weight excluding hydrogens is 656 g/mol. The molecule has 14 heteroatoms. The smallest absolute Gasteiger partial charge is 0.331 e. The topological polar surface area (TPSA) is 211 Å². The van der Waals surface area contributed by atoms with Gasteiger partial charge in [0.05, 0.1) is 24.4 Å². The van der Waals surface area contributed by atoms with Crippen molar-refractivity contribution < 1.29 is 68.6 Å². The van der Waals surface area contributed by atoms with Gasteiger partial charge in [-0.3, -0.25) is 0 Å². The van der Waals surface area contributed by atoms with Gasteiger partial charge in [0.2, 0.25) is 0 Å². The molecule has 50 heavy (non-hydrogen) atoms. The molecule has 0 aromatic rings. The van der Waals surface area contributed by atoms with E-state index in [1.165, 1.54) is 7.11 Å². The van der Waals surface area contributed by atoms with Crippen molar-refractivity contribution in [3.05, 3.63) is 11.6 Å². The number of carbonyl (C=O) groups is 2. The monoisotopic (exact) mass is 710 g/mol. The van der Waals surface area contributed by atoms with Gasteiger partial charge in [-0.05, 0) is 94.0 Å². The minimum absolute atomic E-state index is 0.0174. The van der Waals surface area contributed by atoms with E-state index in [9.17, 15) is 40.2 Å². The fraction of sp³-hybridized carbons (Fsp3) is 0.889. The third-order valence-corrected chi connectivity index (χ3v) is 14.2. The molecule has 7 rings (SSSR count). The van der Waals surface area contributed by atoms with Gasteiger partial charge < -0.3 is 63.9 Å². The van der Waals surface area contributed by atoms with E-state index >= 15 is 0 Å². The first kappa shape index (κ1) is 36.8. The van der Waals surface area contributed by atoms with Crippen LogP contribution in [0.15, 0.2) is 11.6 Å². The Morgan fingerprint density at radius 2 is 1.66 bits per heavy atom. The molecule has 0 aromatic heterocycles. The summed E-state index contributed by atoms with van der Waals surface area (Å²) in [6.07, 6.45) is -3.53. The van der Waals surface area contributed by atoms with Gasteiger partial charge in [-0.15, -0.1) is 0 Å². The Morgan fingerprint density at radius 3 is 2.34 bits per heavy atom. The number of fused-ring (bicyclic) bond motifs is 5. The van der Waals surface area contributed by atoms with Gasteiger partial charge in [0.1, 0.15) is 55.6 Å². The van der Waals surface area contributed by atoms with E-state index in [2.05, 4.69) is 6.92 Å². The number of methoxy groups -OCH3 is 1. The predicted molar refractivity (Wildman–Crippen MR) is 171 cm³/mol. The van der Waals surface area contributed by atoms with Crippen LogP contribution in [0.25, 0.3) is 0 Å². The molecule has 6 N–H and O–H groups in total. The Kier molecular flexibility index (Phi) is 10.1. The molecule has 7 aliphatic rings. The van der Waals surface area contributed by atoms with E-state index < -0.39 is 84.4 Å². The van der Waals surface area contributed by atoms with Crippen LogP contribution >= 0.6 is 0 Å². The van der Waals surface area contributed by atoms with Gasteiger partial charge in [0.15, 0.2) is 12.6 Å². The number of rotatable bonds is 8. The number of aliphatic hydroxyl groups is 6. The number of ether oxygens (including phenoxy) is 6. The second kappa shape index (κ2) is 13.7. The molecule has 4 aliphatic carbocycles. The molecule has 3 heterocycles. The molecule has 0 amide bonds. The fourth-order valence-corrected chi connectivity index (χ4v) is 11.5. The lowest BCUT2D eigenvalue weighted by atomic mass is 9.43. The molecule has 0 bridgehead atoms. The van der Waals surface area contributed by atoms with E-state index in [0.717, 1.165) is 44.0 Å². The summed E-state index contributed by atoms with van der Waals surface area (Å²) in [6.45, 7) is 3.55. The maximum atomic E-state index is 13.2. The van der Waals surface area contributed by atoms with Gasteiger partial charge >= 0.3 is 5.97 Å². The number of carbonyl (C=O) groups excluding carboxylic acids is 2. The highest BCUT2D eigenvalue weighted by atomic mass is 16.7. The summed E-state index contributed by atoms with van der Waals surface area (Å²) in [5, 5.41) is 64.3. The van der Waals surface area contributed by atoms with Crippen LogP contribution in [0, 0.1) is 34.5 Å². The lowest BCUT2D eigenvalue weighted by Crippen LogP contribution is -2.65. The highest BCUT2D eigenvalue weighted by Gasteiger charge is 2.69. The Labute approximate surface area is 292 Å². The van der Waals surface area contributed by atoms with Gasteiger partial charge in [-0.1, -0.05) is 6.92 Å². The quantitative estimate of drug-likeness (QED) is 0.112. The van der Waals surface area contributed by atoms with Crippen molar-refractivity contribution in [2.45, 2.75) is 145 Å². The molecule has 282 valence electrons. The second-order valence-corrected chi connectivity index (χ2v) is 16.2. The van der Waals surface area contributed by atoms with Crippen LogP contribution in [0.1, 0.15) is 71.6 Å². The third-order valence-electron chi connectivity index (χ3n) is 14.2. The molecular formula is C36H54O14. The van der Waals surface area contributed by atoms with Crippen LogP contribution < -0.4 is 0 Å². The number of cyclic esters (lactones) is 1. The van der Waals surface area contributed by atoms with Crippen molar-refractivity contribution in [1.82, 2.24) is 0 Å². The standard InChI is InChI=1S/C36H54O14/c1-17-30(50-32-28(42)27(41)26(40)24(14-37)49-32)31(45-3)29(43)33(47-17)48-20-6-10-35(16-38)19(13-20)4-5-23-22(35)7-9-34(2)21(8-11-36(23,34)44)18-12-25(39)46-15-18/h12,16-17,19-24,26-33,37,40-44H,4-11,13-15H2,1-3H3/t17-,19+,20+,21+,22-,23+,24+,26+,27-,28+,29-,30+,31+,32-,33-,34+,35+,36+/m1/s1. The first-order chi connectivity index (χ1) is 23.8. The molecule has 0 spiro atoms. The SMILES string of the molecule is CO[C@H]1[C@@H](O)[C@@H](O[C@H]2CC[C@]3(C=O)[C@@H](CC[C@H]4[C@H]3CC[C@@]3(C)[C@H](C5=CC(=O)OC5)CC[C@]43O)C2)O[C@H](C)[C@@H]1O[C@H]1O[C@@H](CO)[C@H](O)[C@@H](O)[C@@H]1O. The van der Waals surface area contributed by atoms with Crippen molar-refractivity contribution >= 4 is 12.3 Å². The number of hydrogen-bond acceptors (Lipinski definition) is 14. The lowest BCUT2D eigenvalue weighted by molar-refractivity contribution is -0.362. The normalized spacial score (nSPS) is 53.5. The number of aliphatic hydroxyl groups excluding tert-OH is 5. The highest BCUT2D eigenvalue weighted by Crippen LogP contribution is 2.69. The summed E-state index contributed by atoms with van der Waals surface area (Å²) in [5.41, 5.74) is -0.922. The summed E-state index contributed by atoms with van der Waals surface area (Å²) in [7, 11) is 1.40. The van der Waals surface area contributed by atoms with Crippen LogP contribution in [-0.4, -0.2) is 136 Å². The van der Waals surface area contributed by atoms with Crippen LogP contribution in [0.2, 0.25) is 0 Å². The fourth-order valence-electron chi connectivity index (χ4n) is 11.5. The van der Waals surface area contributed by atoms with E-state index in [0.29, 0.717) is 32.3 Å². The minimum Gasteiger partial charge on any atom is -0.458 e. The molecule has 14 nitrogen and oxygen atoms in total. The maximum absolute atomic E-state index is 13.2. The van der Waals surface area contributed by atoms with E-state index in [1.807, 2.05) is 0 Å². The molecule has 0 radical (unpaired) electrons. The van der Waals surface area contributed by atoms with Crippen molar-refractivity contribution in [1.29, 1.82) is 0 Å². The minimum atomic E-state index is -1.63. The predicted octanol–water partition coefficient (Wildman–Crippen LogP) is 0.113. The first-order valence-electron chi connectivity index (χ1n) is 18.4. The largest absolute Gasteiger partial charge is 0.458 e. The molecule has 4 saturated carbocycles. The van der Waals surface area contributed by atoms with Gasteiger partial charge in [0.25, 0.3) is 0 Å². The zero-order valence-corrected chi connectivity index (χ0v) is 29.0. The zero-order valence-electron chi connectivity index (χ0n) is 29.0. The Bertz CT molecular complexity index is 1310. The zero-order chi connectivity index (χ0) is 35.7. The van der Waals surface area contributed by atoms with Crippen LogP contribution in [0.3, 0.4) is 0 Å². The second-order valence-electron chi connectivity index (χ2n) is 16.2. The van der Waals surface area contributed by atoms with E-state index in [4.69, 9.17) is 28.4 Å². The summed E-state index contributed by atoms with van der Waals surface area (Å²) < 4.78 is 34.9. The van der Waals surface area contributed by atoms with E-state index in [-0.39, 0.29) is 35.7 Å². The molecule has 0 unspecified atom stereocenters. The van der Waals surface area contributed by atoms with Crippen LogP contribution in [-0.2, 0) is 38.0 Å². The lowest BCUT2D eigenvalue weighted by Gasteiger charge is -2.63. The van der Waals surface area contributed by atoms with Gasteiger partial charge in [0, 0.05) is 24.0 Å². The Balaban J connectivity index is 1.01. The van der Waals surface area contributed by atoms with Crippen molar-refractivity contribution in [2.24, 2.45) is 34.5 Å². The Morgan fingerprint density at radius 1 is 0.900 bits per heavy atom. The number of aldehydes is 1. The van der Waals surface area contributed by atoms with Crippen molar-refractivity contribution in [3.63, 3.8) is 0 Å². The third kappa shape index (κ3) is 5.64. The summed E-state index contributed by atoms with van der Waals surface area (Å²) in [6, 6.07) is 0. The number of hydrogen-bond donors (Lipinski definition) is 6. The average Bonchev–Trinajstić information content (AvgIpc) is 3.65. The summed E-state index contributed by atoms with van der Waals surface area (Å²) in [4.78, 5) is 25.1. The first-order valence-corrected chi connectivity index (χ1v) is 18.4. The van der Waals surface area contributed by atoms with Crippen molar-refractivity contribution in [2.75, 3.05) is 20.3 Å². The summed E-state index contributed by atoms with van der Waals surface area (Å²) >= 11 is 0. The van der Waals surface area contributed by atoms with Crippen molar-refractivity contribution in [3.8, 4) is 0 Å². The molecule has 0 aromatic carbocycles. The molecule has 3 aliphatic heterocycles. The van der Waals surface area contributed by atoms with Crippen LogP contribution in [0.5, 0.6) is 0 Å². The molecule has 18 atom stereocenters. The van der Waals surface area contributed by atoms with Gasteiger partial charge in [-0.2, -0.15) is 0 Å². The maximum Gasteiger partial charge on any atom is 0.331 e. The van der Waals surface area contributed by atoms with Crippen LogP contribution in [0.4, 0.5) is 0 Å². The number of esters is 1. The van der Waals surface area contributed by atoms with E-state index in [1.54, 1.807) is 13.0 Å². The Hall–Kier alpha value is -1.56. The average molecular weight is 711 g/mol. The van der Waals surface area contributed by atoms with Gasteiger partial charge in [-0.25, -0.2) is 4.79 Å². The molecule has 2 saturated heterocycles.